The summed E-state index contributed by atoms with van der Waals surface area (Å²) in [6, 6.07) is 60.1. The molecule has 280 valence electrons. The lowest BCUT2D eigenvalue weighted by Crippen LogP contribution is -2.10. The zero-order valence-electron chi connectivity index (χ0n) is 33.2. The molecule has 58 heavy (non-hydrogen) atoms. The predicted octanol–water partition coefficient (Wildman–Crippen LogP) is 16.1. The number of nitrogens with zero attached hydrogens (tertiary/aromatic N) is 2. The zero-order chi connectivity index (χ0) is 39.3. The van der Waals surface area contributed by atoms with Gasteiger partial charge in [-0.2, -0.15) is 0 Å². The van der Waals surface area contributed by atoms with Crippen LogP contribution in [0.1, 0.15) is 47.5 Å². The summed E-state index contributed by atoms with van der Waals surface area (Å²) in [5, 5.41) is 5.20. The second-order valence-electron chi connectivity index (χ2n) is 14.8. The Morgan fingerprint density at radius 2 is 1.17 bits per heavy atom. The van der Waals surface area contributed by atoms with Gasteiger partial charge in [0.25, 0.3) is 0 Å². The van der Waals surface area contributed by atoms with Crippen molar-refractivity contribution in [2.45, 2.75) is 33.6 Å². The first-order valence-electron chi connectivity index (χ1n) is 20.4. The molecule has 0 N–H and O–H groups in total. The molecule has 1 aliphatic rings. The first-order valence-corrected chi connectivity index (χ1v) is 21.3. The molecule has 10 aromatic rings. The number of thiophene rings is 1. The van der Waals surface area contributed by atoms with E-state index in [9.17, 15) is 0 Å². The Bertz CT molecular complexity index is 3120. The van der Waals surface area contributed by atoms with Gasteiger partial charge in [-0.15, -0.1) is 11.3 Å². The van der Waals surface area contributed by atoms with E-state index in [4.69, 9.17) is 0 Å². The molecule has 3 heterocycles. The Hall–Kier alpha value is -6.68. The molecule has 0 unspecified atom stereocenters. The van der Waals surface area contributed by atoms with Gasteiger partial charge in [0, 0.05) is 65.0 Å². The summed E-state index contributed by atoms with van der Waals surface area (Å²) in [6.07, 6.45) is 6.63. The number of benzene rings is 7. The van der Waals surface area contributed by atoms with Crippen LogP contribution >= 0.6 is 11.3 Å². The van der Waals surface area contributed by atoms with Gasteiger partial charge in [-0.25, -0.2) is 0 Å². The van der Waals surface area contributed by atoms with Crippen LogP contribution in [0.25, 0.3) is 71.2 Å². The fourth-order valence-corrected chi connectivity index (χ4v) is 10.5. The van der Waals surface area contributed by atoms with E-state index < -0.39 is 0 Å². The predicted molar refractivity (Wildman–Crippen MR) is 253 cm³/mol. The monoisotopic (exact) mass is 764 g/mol. The van der Waals surface area contributed by atoms with Crippen LogP contribution in [-0.4, -0.2) is 4.40 Å². The van der Waals surface area contributed by atoms with Crippen LogP contribution in [0, 0.1) is 6.92 Å². The summed E-state index contributed by atoms with van der Waals surface area (Å²) in [4.78, 5) is 3.88. The number of rotatable bonds is 7. The number of aryl methyl sites for hydroxylation is 2. The SMILES string of the molecule is C=Cc1c(C)n2c3ccccc3c3c(-c4ccc(N(c5ccc(C6=CCCc7sc8ccccc8c76)cc5)c5ccc(-c6ccccc6)cc5)cc4)ccc1c32.CC. The summed E-state index contributed by atoms with van der Waals surface area (Å²) >= 11 is 1.95. The van der Waals surface area contributed by atoms with E-state index in [1.807, 2.05) is 31.3 Å². The van der Waals surface area contributed by atoms with Crippen molar-refractivity contribution in [1.82, 2.24) is 4.40 Å². The molecule has 1 aliphatic carbocycles. The molecular formula is C55H44N2S. The maximum absolute atomic E-state index is 4.17. The highest BCUT2D eigenvalue weighted by molar-refractivity contribution is 7.19. The molecule has 11 rings (SSSR count). The molecule has 0 amide bonds. The first-order chi connectivity index (χ1) is 28.7. The van der Waals surface area contributed by atoms with Gasteiger partial charge >= 0.3 is 0 Å². The molecule has 0 aliphatic heterocycles. The second-order valence-corrected chi connectivity index (χ2v) is 16.0. The molecule has 3 aromatic heterocycles. The van der Waals surface area contributed by atoms with Crippen molar-refractivity contribution in [1.29, 1.82) is 0 Å². The summed E-state index contributed by atoms with van der Waals surface area (Å²) in [5.74, 6) is 0. The van der Waals surface area contributed by atoms with Crippen molar-refractivity contribution in [3.05, 3.63) is 204 Å². The highest BCUT2D eigenvalue weighted by atomic mass is 32.1. The van der Waals surface area contributed by atoms with E-state index in [1.165, 1.54) is 92.4 Å². The summed E-state index contributed by atoms with van der Waals surface area (Å²) < 4.78 is 3.80. The van der Waals surface area contributed by atoms with E-state index in [0.29, 0.717) is 0 Å². The second kappa shape index (κ2) is 14.7. The van der Waals surface area contributed by atoms with Crippen LogP contribution in [0.2, 0.25) is 0 Å². The number of hydrogen-bond donors (Lipinski definition) is 0. The number of allylic oxidation sites excluding steroid dienone is 1. The van der Waals surface area contributed by atoms with Gasteiger partial charge in [-0.05, 0) is 102 Å². The molecule has 3 heteroatoms. The van der Waals surface area contributed by atoms with Gasteiger partial charge in [-0.1, -0.05) is 148 Å². The Balaban J connectivity index is 0.00000201. The fourth-order valence-electron chi connectivity index (χ4n) is 9.22. The van der Waals surface area contributed by atoms with Crippen LogP contribution in [0.4, 0.5) is 17.1 Å². The minimum atomic E-state index is 1.07. The summed E-state index contributed by atoms with van der Waals surface area (Å²) in [5.41, 5.74) is 17.2. The Morgan fingerprint density at radius 1 is 0.586 bits per heavy atom. The highest BCUT2D eigenvalue weighted by Gasteiger charge is 2.23. The van der Waals surface area contributed by atoms with Crippen molar-refractivity contribution >= 4 is 77.3 Å². The molecule has 0 saturated heterocycles. The average Bonchev–Trinajstić information content (AvgIpc) is 3.95. The number of anilines is 3. The molecule has 0 fully saturated rings. The maximum Gasteiger partial charge on any atom is 0.0623 e. The highest BCUT2D eigenvalue weighted by Crippen LogP contribution is 2.45. The number of aromatic nitrogens is 1. The number of para-hydroxylation sites is 1. The van der Waals surface area contributed by atoms with Gasteiger partial charge in [-0.3, -0.25) is 0 Å². The molecule has 0 spiro atoms. The van der Waals surface area contributed by atoms with E-state index >= 15 is 0 Å². The van der Waals surface area contributed by atoms with Gasteiger partial charge in [0.15, 0.2) is 0 Å². The summed E-state index contributed by atoms with van der Waals surface area (Å²) in [6.45, 7) is 10.4. The van der Waals surface area contributed by atoms with Crippen molar-refractivity contribution in [2.75, 3.05) is 4.90 Å². The molecule has 7 aromatic carbocycles. The minimum Gasteiger partial charge on any atom is -0.312 e. The maximum atomic E-state index is 4.17. The third-order valence-corrected chi connectivity index (χ3v) is 13.0. The Labute approximate surface area is 344 Å². The topological polar surface area (TPSA) is 7.65 Å². The lowest BCUT2D eigenvalue weighted by Gasteiger charge is -2.26. The lowest BCUT2D eigenvalue weighted by atomic mass is 9.89. The van der Waals surface area contributed by atoms with Crippen molar-refractivity contribution in [3.8, 4) is 22.3 Å². The van der Waals surface area contributed by atoms with Crippen molar-refractivity contribution < 1.29 is 0 Å². The lowest BCUT2D eigenvalue weighted by molar-refractivity contribution is 1.01. The number of hydrogen-bond acceptors (Lipinski definition) is 2. The Kier molecular flexibility index (Phi) is 9.04. The quantitative estimate of drug-likeness (QED) is 0.157. The standard InChI is InChI=1S/C53H38N2S.C2H6/c1-3-42-34(2)54-48-17-9-7-14-46(48)52-44(32-33-45(42)53(52)54)38-24-30-41(31-25-38)55(39-26-20-36(21-27-39)35-12-5-4-6-13-35)40-28-22-37(23-29-40)43-16-11-19-50-51(43)47-15-8-10-18-49(47)56-50;1-2/h3-10,12-18,20-33H,1,11,19H2,2H3;1-2H3. The van der Waals surface area contributed by atoms with Crippen LogP contribution in [0.5, 0.6) is 0 Å². The molecule has 0 atom stereocenters. The van der Waals surface area contributed by atoms with E-state index in [1.54, 1.807) is 0 Å². The molecule has 0 saturated carbocycles. The van der Waals surface area contributed by atoms with Crippen LogP contribution in [0.15, 0.2) is 176 Å². The minimum absolute atomic E-state index is 1.07. The molecule has 0 radical (unpaired) electrons. The Morgan fingerprint density at radius 3 is 1.86 bits per heavy atom. The van der Waals surface area contributed by atoms with Crippen molar-refractivity contribution in [3.63, 3.8) is 0 Å². The van der Waals surface area contributed by atoms with Gasteiger partial charge < -0.3 is 9.30 Å². The summed E-state index contributed by atoms with van der Waals surface area (Å²) in [7, 11) is 0. The largest absolute Gasteiger partial charge is 0.312 e. The average molecular weight is 765 g/mol. The molecular weight excluding hydrogens is 721 g/mol. The van der Waals surface area contributed by atoms with E-state index in [0.717, 1.165) is 29.9 Å². The van der Waals surface area contributed by atoms with Gasteiger partial charge in [0.2, 0.25) is 0 Å². The van der Waals surface area contributed by atoms with Crippen LogP contribution in [-0.2, 0) is 6.42 Å². The zero-order valence-corrected chi connectivity index (χ0v) is 34.0. The number of fused-ring (bicyclic) bond motifs is 6. The molecule has 2 nitrogen and oxygen atoms in total. The van der Waals surface area contributed by atoms with Gasteiger partial charge in [0.1, 0.15) is 0 Å². The van der Waals surface area contributed by atoms with E-state index in [2.05, 4.69) is 193 Å². The van der Waals surface area contributed by atoms with Crippen molar-refractivity contribution in [2.24, 2.45) is 0 Å². The third-order valence-electron chi connectivity index (χ3n) is 11.8. The van der Waals surface area contributed by atoms with Gasteiger partial charge in [0.05, 0.1) is 11.0 Å². The fraction of sp³-hybridized carbons (Fsp3) is 0.0909. The van der Waals surface area contributed by atoms with Crippen LogP contribution in [0.3, 0.4) is 0 Å². The van der Waals surface area contributed by atoms with Crippen LogP contribution < -0.4 is 4.90 Å². The smallest absolute Gasteiger partial charge is 0.0623 e. The molecule has 0 bridgehead atoms. The first kappa shape index (κ1) is 35.7. The normalized spacial score (nSPS) is 12.4. The third kappa shape index (κ3) is 5.69. The van der Waals surface area contributed by atoms with E-state index in [-0.39, 0.29) is 0 Å².